The van der Waals surface area contributed by atoms with Crippen LogP contribution in [0.4, 0.5) is 0 Å². The lowest BCUT2D eigenvalue weighted by atomic mass is 9.90. The molecule has 19 heavy (non-hydrogen) atoms. The molecule has 1 nitrogen and oxygen atoms in total. The Morgan fingerprint density at radius 3 is 2.21 bits per heavy atom. The first-order valence-corrected chi connectivity index (χ1v) is 6.97. The standard InChI is InChI=1S/C18H23N/c1-15(13-14-19(2)3)17-11-7-8-12-18(17)16-9-5-4-6-10-16/h4-12,15H,13-14H2,1-3H3. The molecule has 100 valence electrons. The van der Waals surface area contributed by atoms with Gasteiger partial charge in [0.2, 0.25) is 0 Å². The Labute approximate surface area is 116 Å². The van der Waals surface area contributed by atoms with Crippen LogP contribution in [-0.4, -0.2) is 25.5 Å². The predicted octanol–water partition coefficient (Wildman–Crippen LogP) is 4.41. The molecule has 0 bridgehead atoms. The van der Waals surface area contributed by atoms with Gasteiger partial charge >= 0.3 is 0 Å². The van der Waals surface area contributed by atoms with E-state index in [4.69, 9.17) is 0 Å². The van der Waals surface area contributed by atoms with Crippen molar-refractivity contribution in [3.05, 3.63) is 60.2 Å². The van der Waals surface area contributed by atoms with Crippen molar-refractivity contribution < 1.29 is 0 Å². The molecular weight excluding hydrogens is 230 g/mol. The van der Waals surface area contributed by atoms with Crippen molar-refractivity contribution in [1.29, 1.82) is 0 Å². The van der Waals surface area contributed by atoms with Crippen molar-refractivity contribution in [3.63, 3.8) is 0 Å². The van der Waals surface area contributed by atoms with Crippen LogP contribution in [0.5, 0.6) is 0 Å². The fraction of sp³-hybridized carbons (Fsp3) is 0.333. The molecule has 0 heterocycles. The number of hydrogen-bond donors (Lipinski definition) is 0. The Bertz CT molecular complexity index is 502. The van der Waals surface area contributed by atoms with Gasteiger partial charge in [0.1, 0.15) is 0 Å². The Kier molecular flexibility index (Phi) is 4.75. The van der Waals surface area contributed by atoms with Crippen LogP contribution in [0.25, 0.3) is 11.1 Å². The first-order chi connectivity index (χ1) is 9.18. The molecule has 1 unspecified atom stereocenters. The molecule has 0 saturated heterocycles. The van der Waals surface area contributed by atoms with E-state index in [1.54, 1.807) is 0 Å². The minimum absolute atomic E-state index is 0.582. The Balaban J connectivity index is 2.26. The highest BCUT2D eigenvalue weighted by atomic mass is 15.0. The monoisotopic (exact) mass is 253 g/mol. The van der Waals surface area contributed by atoms with E-state index >= 15 is 0 Å². The van der Waals surface area contributed by atoms with E-state index in [0.717, 1.165) is 6.54 Å². The molecule has 0 saturated carbocycles. The van der Waals surface area contributed by atoms with E-state index in [2.05, 4.69) is 80.5 Å². The second-order valence-electron chi connectivity index (χ2n) is 5.45. The van der Waals surface area contributed by atoms with Gasteiger partial charge in [0, 0.05) is 0 Å². The molecule has 0 radical (unpaired) electrons. The van der Waals surface area contributed by atoms with Gasteiger partial charge in [-0.3, -0.25) is 0 Å². The molecule has 0 spiro atoms. The molecule has 2 aromatic carbocycles. The molecule has 0 aromatic heterocycles. The van der Waals surface area contributed by atoms with Crippen LogP contribution in [0.2, 0.25) is 0 Å². The maximum absolute atomic E-state index is 2.32. The zero-order valence-corrected chi connectivity index (χ0v) is 12.1. The van der Waals surface area contributed by atoms with Crippen molar-refractivity contribution in [3.8, 4) is 11.1 Å². The van der Waals surface area contributed by atoms with Gasteiger partial charge in [-0.1, -0.05) is 61.5 Å². The van der Waals surface area contributed by atoms with Crippen LogP contribution >= 0.6 is 0 Å². The first kappa shape index (κ1) is 13.8. The highest BCUT2D eigenvalue weighted by molar-refractivity contribution is 5.67. The first-order valence-electron chi connectivity index (χ1n) is 6.97. The predicted molar refractivity (Wildman–Crippen MR) is 83.5 cm³/mol. The van der Waals surface area contributed by atoms with Crippen molar-refractivity contribution in [2.45, 2.75) is 19.3 Å². The summed E-state index contributed by atoms with van der Waals surface area (Å²) in [4.78, 5) is 2.25. The molecule has 0 aliphatic rings. The zero-order chi connectivity index (χ0) is 13.7. The Hall–Kier alpha value is -1.60. The van der Waals surface area contributed by atoms with Gasteiger partial charge in [-0.25, -0.2) is 0 Å². The summed E-state index contributed by atoms with van der Waals surface area (Å²) >= 11 is 0. The fourth-order valence-electron chi connectivity index (χ4n) is 2.41. The lowest BCUT2D eigenvalue weighted by molar-refractivity contribution is 0.386. The molecule has 2 rings (SSSR count). The number of hydrogen-bond acceptors (Lipinski definition) is 1. The largest absolute Gasteiger partial charge is 0.309 e. The maximum Gasteiger partial charge on any atom is -0.00191 e. The topological polar surface area (TPSA) is 3.24 Å². The smallest absolute Gasteiger partial charge is 0.00191 e. The van der Waals surface area contributed by atoms with Gasteiger partial charge in [-0.2, -0.15) is 0 Å². The Morgan fingerprint density at radius 2 is 1.53 bits per heavy atom. The van der Waals surface area contributed by atoms with Crippen LogP contribution in [0.3, 0.4) is 0 Å². The molecule has 1 heteroatoms. The third-order valence-corrected chi connectivity index (χ3v) is 3.59. The van der Waals surface area contributed by atoms with E-state index in [1.807, 2.05) is 0 Å². The lowest BCUT2D eigenvalue weighted by Gasteiger charge is -2.18. The summed E-state index contributed by atoms with van der Waals surface area (Å²) in [6, 6.07) is 19.4. The molecule has 2 aromatic rings. The summed E-state index contributed by atoms with van der Waals surface area (Å²) in [6.45, 7) is 3.45. The normalized spacial score (nSPS) is 12.6. The minimum atomic E-state index is 0.582. The van der Waals surface area contributed by atoms with Crippen LogP contribution in [0, 0.1) is 0 Å². The van der Waals surface area contributed by atoms with Crippen molar-refractivity contribution in [1.82, 2.24) is 4.90 Å². The van der Waals surface area contributed by atoms with Gasteiger partial charge in [-0.15, -0.1) is 0 Å². The quantitative estimate of drug-likeness (QED) is 0.763. The number of benzene rings is 2. The van der Waals surface area contributed by atoms with Crippen LogP contribution in [0.1, 0.15) is 24.8 Å². The van der Waals surface area contributed by atoms with Gasteiger partial charge in [0.05, 0.1) is 0 Å². The van der Waals surface area contributed by atoms with Crippen molar-refractivity contribution in [2.24, 2.45) is 0 Å². The lowest BCUT2D eigenvalue weighted by Crippen LogP contribution is -2.15. The van der Waals surface area contributed by atoms with Crippen LogP contribution in [0.15, 0.2) is 54.6 Å². The van der Waals surface area contributed by atoms with Crippen molar-refractivity contribution >= 4 is 0 Å². The molecule has 0 aliphatic heterocycles. The molecule has 0 fully saturated rings. The summed E-state index contributed by atoms with van der Waals surface area (Å²) in [5.74, 6) is 0.582. The number of rotatable bonds is 5. The molecular formula is C18H23N. The van der Waals surface area contributed by atoms with Gasteiger partial charge < -0.3 is 4.90 Å². The molecule has 1 atom stereocenters. The zero-order valence-electron chi connectivity index (χ0n) is 12.1. The summed E-state index contributed by atoms with van der Waals surface area (Å²) in [5, 5.41) is 0. The van der Waals surface area contributed by atoms with Gasteiger partial charge in [-0.05, 0) is 49.7 Å². The van der Waals surface area contributed by atoms with Gasteiger partial charge in [0.25, 0.3) is 0 Å². The summed E-state index contributed by atoms with van der Waals surface area (Å²) in [5.41, 5.74) is 4.14. The van der Waals surface area contributed by atoms with E-state index in [-0.39, 0.29) is 0 Å². The van der Waals surface area contributed by atoms with Crippen LogP contribution < -0.4 is 0 Å². The average molecular weight is 253 g/mol. The molecule has 0 aliphatic carbocycles. The van der Waals surface area contributed by atoms with Crippen molar-refractivity contribution in [2.75, 3.05) is 20.6 Å². The fourth-order valence-corrected chi connectivity index (χ4v) is 2.41. The summed E-state index contributed by atoms with van der Waals surface area (Å²) in [7, 11) is 4.27. The Morgan fingerprint density at radius 1 is 0.895 bits per heavy atom. The van der Waals surface area contributed by atoms with E-state index in [9.17, 15) is 0 Å². The highest BCUT2D eigenvalue weighted by Gasteiger charge is 2.11. The summed E-state index contributed by atoms with van der Waals surface area (Å²) in [6.07, 6.45) is 1.19. The third kappa shape index (κ3) is 3.68. The van der Waals surface area contributed by atoms with Gasteiger partial charge in [0.15, 0.2) is 0 Å². The SMILES string of the molecule is CC(CCN(C)C)c1ccccc1-c1ccccc1. The van der Waals surface area contributed by atoms with E-state index in [0.29, 0.717) is 5.92 Å². The summed E-state index contributed by atoms with van der Waals surface area (Å²) < 4.78 is 0. The van der Waals surface area contributed by atoms with E-state index < -0.39 is 0 Å². The second kappa shape index (κ2) is 6.53. The number of nitrogens with zero attached hydrogens (tertiary/aromatic N) is 1. The average Bonchev–Trinajstić information content (AvgIpc) is 2.45. The maximum atomic E-state index is 2.32. The highest BCUT2D eigenvalue weighted by Crippen LogP contribution is 2.30. The molecule has 0 N–H and O–H groups in total. The third-order valence-electron chi connectivity index (χ3n) is 3.59. The van der Waals surface area contributed by atoms with E-state index in [1.165, 1.54) is 23.1 Å². The minimum Gasteiger partial charge on any atom is -0.309 e. The second-order valence-corrected chi connectivity index (χ2v) is 5.45. The van der Waals surface area contributed by atoms with Crippen LogP contribution in [-0.2, 0) is 0 Å². The molecule has 0 amide bonds.